The Balaban J connectivity index is 1.69. The number of nitrogens with one attached hydrogen (secondary N) is 1. The number of anilines is 3. The molecule has 0 radical (unpaired) electrons. The van der Waals surface area contributed by atoms with Crippen molar-refractivity contribution in [2.24, 2.45) is 5.92 Å². The van der Waals surface area contributed by atoms with Crippen LogP contribution in [0.2, 0.25) is 0 Å². The van der Waals surface area contributed by atoms with Gasteiger partial charge in [0.1, 0.15) is 5.82 Å². The van der Waals surface area contributed by atoms with E-state index in [1.54, 1.807) is 0 Å². The maximum atomic E-state index is 5.91. The fraction of sp³-hybridized carbons (Fsp3) is 0.353. The number of hydrogen-bond donors (Lipinski definition) is 2. The number of ether oxygens (including phenoxy) is 1. The van der Waals surface area contributed by atoms with E-state index in [0.29, 0.717) is 24.1 Å². The predicted molar refractivity (Wildman–Crippen MR) is 86.0 cm³/mol. The van der Waals surface area contributed by atoms with Crippen LogP contribution in [0.15, 0.2) is 36.4 Å². The largest absolute Gasteiger partial charge is 0.476 e. The minimum absolute atomic E-state index is 0.525. The van der Waals surface area contributed by atoms with E-state index < -0.39 is 0 Å². The van der Waals surface area contributed by atoms with Crippen LogP contribution in [0.5, 0.6) is 5.88 Å². The van der Waals surface area contributed by atoms with Crippen LogP contribution in [0.3, 0.4) is 0 Å². The number of hydrogen-bond acceptors (Lipinski definition) is 4. The van der Waals surface area contributed by atoms with Crippen LogP contribution in [0.4, 0.5) is 17.2 Å². The molecule has 1 fully saturated rings. The van der Waals surface area contributed by atoms with Gasteiger partial charge in [-0.05, 0) is 55.0 Å². The normalized spacial score (nSPS) is 14.0. The highest BCUT2D eigenvalue weighted by Gasteiger charge is 2.22. The fourth-order valence-corrected chi connectivity index (χ4v) is 2.09. The molecule has 1 aromatic carbocycles. The van der Waals surface area contributed by atoms with Gasteiger partial charge in [0.15, 0.2) is 0 Å². The van der Waals surface area contributed by atoms with Gasteiger partial charge in [0.25, 0.3) is 0 Å². The average molecular weight is 283 g/mol. The molecule has 3 N–H and O–H groups in total. The van der Waals surface area contributed by atoms with Gasteiger partial charge in [0.05, 0.1) is 12.3 Å². The lowest BCUT2D eigenvalue weighted by Crippen LogP contribution is -2.05. The number of aryl methyl sites for hydroxylation is 1. The molecule has 110 valence electrons. The van der Waals surface area contributed by atoms with Crippen LogP contribution >= 0.6 is 0 Å². The van der Waals surface area contributed by atoms with Gasteiger partial charge >= 0.3 is 0 Å². The van der Waals surface area contributed by atoms with Crippen LogP contribution in [-0.4, -0.2) is 11.6 Å². The van der Waals surface area contributed by atoms with Crippen LogP contribution < -0.4 is 15.8 Å². The van der Waals surface area contributed by atoms with Gasteiger partial charge in [-0.15, -0.1) is 0 Å². The smallest absolute Gasteiger partial charge is 0.239 e. The number of nitrogens with two attached hydrogens (primary N) is 1. The van der Waals surface area contributed by atoms with Crippen molar-refractivity contribution in [3.8, 4) is 5.88 Å². The number of pyridine rings is 1. The number of aromatic nitrogens is 1. The number of nitrogen functional groups attached to an aromatic ring is 1. The van der Waals surface area contributed by atoms with E-state index >= 15 is 0 Å². The number of rotatable bonds is 6. The van der Waals surface area contributed by atoms with E-state index in [0.717, 1.165) is 17.9 Å². The molecule has 1 heterocycles. The summed E-state index contributed by atoms with van der Waals surface area (Å²) in [7, 11) is 0. The average Bonchev–Trinajstić information content (AvgIpc) is 3.33. The van der Waals surface area contributed by atoms with Gasteiger partial charge in [-0.3, -0.25) is 0 Å². The third kappa shape index (κ3) is 3.66. The molecule has 0 aliphatic heterocycles. The number of nitrogens with zero attached hydrogens (tertiary/aromatic N) is 1. The molecule has 4 heteroatoms. The molecule has 1 aromatic heterocycles. The van der Waals surface area contributed by atoms with Gasteiger partial charge in [-0.2, -0.15) is 4.98 Å². The summed E-state index contributed by atoms with van der Waals surface area (Å²) in [6.45, 7) is 2.86. The third-order valence-electron chi connectivity index (χ3n) is 3.68. The second kappa shape index (κ2) is 6.04. The summed E-state index contributed by atoms with van der Waals surface area (Å²) in [5.41, 5.74) is 8.83. The molecule has 0 unspecified atom stereocenters. The molecule has 1 saturated carbocycles. The van der Waals surface area contributed by atoms with Crippen LogP contribution in [-0.2, 0) is 6.42 Å². The maximum Gasteiger partial charge on any atom is 0.239 e. The van der Waals surface area contributed by atoms with Gasteiger partial charge in [0, 0.05) is 5.69 Å². The lowest BCUT2D eigenvalue weighted by molar-refractivity contribution is 0.290. The van der Waals surface area contributed by atoms with E-state index in [2.05, 4.69) is 41.5 Å². The summed E-state index contributed by atoms with van der Waals surface area (Å²) in [6.07, 6.45) is 3.54. The molecule has 0 atom stereocenters. The molecule has 2 aromatic rings. The minimum Gasteiger partial charge on any atom is -0.476 e. The van der Waals surface area contributed by atoms with Gasteiger partial charge in [-0.1, -0.05) is 19.1 Å². The molecule has 0 bridgehead atoms. The molecule has 1 aliphatic carbocycles. The Bertz CT molecular complexity index is 606. The molecule has 0 saturated heterocycles. The van der Waals surface area contributed by atoms with Crippen molar-refractivity contribution in [1.82, 2.24) is 4.98 Å². The van der Waals surface area contributed by atoms with E-state index in [4.69, 9.17) is 10.5 Å². The van der Waals surface area contributed by atoms with E-state index in [1.165, 1.54) is 18.4 Å². The summed E-state index contributed by atoms with van der Waals surface area (Å²) in [6, 6.07) is 12.0. The van der Waals surface area contributed by atoms with Crippen LogP contribution in [0.25, 0.3) is 0 Å². The summed E-state index contributed by atoms with van der Waals surface area (Å²) >= 11 is 0. The first-order valence-corrected chi connectivity index (χ1v) is 7.50. The molecular weight excluding hydrogens is 262 g/mol. The Labute approximate surface area is 125 Å². The first-order valence-electron chi connectivity index (χ1n) is 7.50. The molecule has 3 rings (SSSR count). The quantitative estimate of drug-likeness (QED) is 0.847. The number of benzene rings is 1. The predicted octanol–water partition coefficient (Wildman–Crippen LogP) is 3.76. The van der Waals surface area contributed by atoms with E-state index in [9.17, 15) is 0 Å². The lowest BCUT2D eigenvalue weighted by atomic mass is 10.1. The van der Waals surface area contributed by atoms with Gasteiger partial charge < -0.3 is 15.8 Å². The van der Waals surface area contributed by atoms with Crippen LogP contribution in [0, 0.1) is 5.92 Å². The highest BCUT2D eigenvalue weighted by atomic mass is 16.5. The van der Waals surface area contributed by atoms with Crippen molar-refractivity contribution < 1.29 is 4.74 Å². The second-order valence-corrected chi connectivity index (χ2v) is 5.52. The molecule has 21 heavy (non-hydrogen) atoms. The Morgan fingerprint density at radius 2 is 1.95 bits per heavy atom. The maximum absolute atomic E-state index is 5.91. The first-order chi connectivity index (χ1) is 10.2. The fourth-order valence-electron chi connectivity index (χ4n) is 2.09. The van der Waals surface area contributed by atoms with Crippen molar-refractivity contribution in [2.75, 3.05) is 17.7 Å². The molecule has 1 aliphatic rings. The molecule has 0 spiro atoms. The highest BCUT2D eigenvalue weighted by molar-refractivity contribution is 5.60. The first kappa shape index (κ1) is 13.7. The van der Waals surface area contributed by atoms with E-state index in [-0.39, 0.29) is 0 Å². The van der Waals surface area contributed by atoms with Crippen LogP contribution in [0.1, 0.15) is 25.3 Å². The Hall–Kier alpha value is -2.23. The van der Waals surface area contributed by atoms with Crippen molar-refractivity contribution in [3.63, 3.8) is 0 Å². The van der Waals surface area contributed by atoms with Crippen molar-refractivity contribution in [3.05, 3.63) is 42.0 Å². The van der Waals surface area contributed by atoms with E-state index in [1.807, 2.05) is 12.1 Å². The molecule has 0 amide bonds. The van der Waals surface area contributed by atoms with Crippen molar-refractivity contribution in [2.45, 2.75) is 26.2 Å². The zero-order chi connectivity index (χ0) is 14.7. The SMILES string of the molecule is CCc1ccc(Nc2ccc(N)c(OCC3CC3)n2)cc1. The van der Waals surface area contributed by atoms with Gasteiger partial charge in [-0.25, -0.2) is 0 Å². The van der Waals surface area contributed by atoms with Gasteiger partial charge in [0.2, 0.25) is 5.88 Å². The summed E-state index contributed by atoms with van der Waals surface area (Å²) < 4.78 is 5.70. The zero-order valence-electron chi connectivity index (χ0n) is 12.3. The summed E-state index contributed by atoms with van der Waals surface area (Å²) in [5, 5.41) is 3.28. The highest BCUT2D eigenvalue weighted by Crippen LogP contribution is 2.31. The monoisotopic (exact) mass is 283 g/mol. The third-order valence-corrected chi connectivity index (χ3v) is 3.68. The Morgan fingerprint density at radius 3 is 2.62 bits per heavy atom. The Morgan fingerprint density at radius 1 is 1.19 bits per heavy atom. The lowest BCUT2D eigenvalue weighted by Gasteiger charge is -2.11. The summed E-state index contributed by atoms with van der Waals surface area (Å²) in [4.78, 5) is 4.45. The van der Waals surface area contributed by atoms with Crippen molar-refractivity contribution >= 4 is 17.2 Å². The molecular formula is C17H21N3O. The second-order valence-electron chi connectivity index (χ2n) is 5.52. The minimum atomic E-state index is 0.525. The van der Waals surface area contributed by atoms with Crippen molar-refractivity contribution in [1.29, 1.82) is 0 Å². The zero-order valence-corrected chi connectivity index (χ0v) is 12.3. The molecule has 4 nitrogen and oxygen atoms in total. The Kier molecular flexibility index (Phi) is 3.95. The summed E-state index contributed by atoms with van der Waals surface area (Å²) in [5.74, 6) is 1.96. The topological polar surface area (TPSA) is 60.2 Å². The standard InChI is InChI=1S/C17H21N3O/c1-2-12-5-7-14(8-6-12)19-16-10-9-15(18)17(20-16)21-11-13-3-4-13/h5-10,13H,2-4,11,18H2,1H3,(H,19,20).